The summed E-state index contributed by atoms with van der Waals surface area (Å²) in [4.78, 5) is 25.4. The van der Waals surface area contributed by atoms with Gasteiger partial charge in [-0.3, -0.25) is 9.69 Å². The van der Waals surface area contributed by atoms with Crippen molar-refractivity contribution in [3.05, 3.63) is 44.2 Å². The Labute approximate surface area is 139 Å². The first-order valence-electron chi connectivity index (χ1n) is 6.34. The van der Waals surface area contributed by atoms with Crippen LogP contribution in [0, 0.1) is 2.88 Å². The first-order chi connectivity index (χ1) is 10.1. The van der Waals surface area contributed by atoms with E-state index in [0.717, 1.165) is 8.57 Å². The van der Waals surface area contributed by atoms with Gasteiger partial charge in [0.05, 0.1) is 8.45 Å². The average Bonchev–Trinajstić information content (AvgIpc) is 3.08. The zero-order valence-electron chi connectivity index (χ0n) is 10.9. The predicted molar refractivity (Wildman–Crippen MR) is 92.2 cm³/mol. The van der Waals surface area contributed by atoms with Crippen LogP contribution >= 0.6 is 33.9 Å². The van der Waals surface area contributed by atoms with Crippen molar-refractivity contribution in [2.24, 2.45) is 0 Å². The number of carbonyl (C=O) groups is 2. The van der Waals surface area contributed by atoms with E-state index < -0.39 is 0 Å². The van der Waals surface area contributed by atoms with Gasteiger partial charge in [0.25, 0.3) is 5.91 Å². The Hall–Kier alpha value is -1.61. The minimum atomic E-state index is -0.141. The van der Waals surface area contributed by atoms with Crippen LogP contribution in [0.1, 0.15) is 10.4 Å². The van der Waals surface area contributed by atoms with Crippen molar-refractivity contribution < 1.29 is 9.59 Å². The summed E-state index contributed by atoms with van der Waals surface area (Å²) < 4.78 is 1.07. The maximum Gasteiger partial charge on any atom is 0.321 e. The van der Waals surface area contributed by atoms with Crippen molar-refractivity contribution in [2.75, 3.05) is 23.3 Å². The Morgan fingerprint density at radius 3 is 2.90 bits per heavy atom. The van der Waals surface area contributed by atoms with E-state index in [0.29, 0.717) is 24.3 Å². The number of amides is 3. The van der Waals surface area contributed by atoms with Gasteiger partial charge < -0.3 is 10.6 Å². The van der Waals surface area contributed by atoms with Gasteiger partial charge in [0.1, 0.15) is 0 Å². The van der Waals surface area contributed by atoms with Gasteiger partial charge in [0.15, 0.2) is 0 Å². The number of urea groups is 1. The van der Waals surface area contributed by atoms with Crippen LogP contribution in [0.4, 0.5) is 16.2 Å². The highest BCUT2D eigenvalue weighted by atomic mass is 127. The van der Waals surface area contributed by atoms with Crippen molar-refractivity contribution >= 4 is 57.2 Å². The molecule has 1 aromatic carbocycles. The first-order valence-corrected chi connectivity index (χ1v) is 8.30. The Kier molecular flexibility index (Phi) is 4.11. The lowest BCUT2D eigenvalue weighted by Gasteiger charge is -2.15. The molecule has 0 radical (unpaired) electrons. The molecule has 3 amide bonds. The number of benzene rings is 1. The van der Waals surface area contributed by atoms with Crippen LogP contribution in [0.25, 0.3) is 0 Å². The zero-order chi connectivity index (χ0) is 14.8. The molecule has 7 heteroatoms. The molecule has 21 heavy (non-hydrogen) atoms. The molecule has 2 N–H and O–H groups in total. The maximum atomic E-state index is 12.1. The minimum Gasteiger partial charge on any atom is -0.336 e. The molecule has 0 atom stereocenters. The van der Waals surface area contributed by atoms with Crippen LogP contribution in [0.3, 0.4) is 0 Å². The van der Waals surface area contributed by atoms with Gasteiger partial charge >= 0.3 is 6.03 Å². The second-order valence-corrected chi connectivity index (χ2v) is 7.33. The summed E-state index contributed by atoms with van der Waals surface area (Å²) in [5.41, 5.74) is 2.11. The van der Waals surface area contributed by atoms with Crippen LogP contribution in [-0.4, -0.2) is 25.0 Å². The highest BCUT2D eigenvalue weighted by molar-refractivity contribution is 14.1. The summed E-state index contributed by atoms with van der Waals surface area (Å²) in [6, 6.07) is 9.04. The molecule has 5 nitrogen and oxygen atoms in total. The third-order valence-electron chi connectivity index (χ3n) is 3.10. The van der Waals surface area contributed by atoms with Crippen molar-refractivity contribution in [3.8, 4) is 0 Å². The molecule has 2 heterocycles. The molecular weight excluding hydrogens is 401 g/mol. The normalized spacial score (nSPS) is 14.1. The molecule has 3 rings (SSSR count). The predicted octanol–water partition coefficient (Wildman–Crippen LogP) is 3.13. The Balaban J connectivity index is 1.77. The summed E-state index contributed by atoms with van der Waals surface area (Å²) >= 11 is 3.72. The molecule has 1 aliphatic heterocycles. The van der Waals surface area contributed by atoms with Crippen LogP contribution in [0.2, 0.25) is 0 Å². The number of hydrogen-bond donors (Lipinski definition) is 2. The van der Waals surface area contributed by atoms with E-state index in [1.165, 1.54) is 11.3 Å². The average molecular weight is 413 g/mol. The van der Waals surface area contributed by atoms with Crippen molar-refractivity contribution in [1.82, 2.24) is 5.32 Å². The second kappa shape index (κ2) is 6.02. The van der Waals surface area contributed by atoms with Gasteiger partial charge in [-0.05, 0) is 46.9 Å². The standard InChI is InChI=1S/C14H12IN3O2S/c15-12-6-9(8-21-12)13(19)17-10-2-1-3-11(7-10)18-5-4-16-14(18)20/h1-3,6-8H,4-5H2,(H,16,20)(H,17,19). The van der Waals surface area contributed by atoms with Crippen molar-refractivity contribution in [2.45, 2.75) is 0 Å². The van der Waals surface area contributed by atoms with Gasteiger partial charge in [-0.2, -0.15) is 0 Å². The van der Waals surface area contributed by atoms with E-state index in [2.05, 4.69) is 33.2 Å². The van der Waals surface area contributed by atoms with E-state index in [-0.39, 0.29) is 11.9 Å². The van der Waals surface area contributed by atoms with Gasteiger partial charge in [-0.1, -0.05) is 6.07 Å². The summed E-state index contributed by atoms with van der Waals surface area (Å²) in [5, 5.41) is 7.44. The molecule has 0 unspecified atom stereocenters. The largest absolute Gasteiger partial charge is 0.336 e. The molecule has 1 aliphatic rings. The van der Waals surface area contributed by atoms with Gasteiger partial charge in [-0.15, -0.1) is 11.3 Å². The lowest BCUT2D eigenvalue weighted by Crippen LogP contribution is -2.27. The number of rotatable bonds is 3. The van der Waals surface area contributed by atoms with Crippen LogP contribution < -0.4 is 15.5 Å². The summed E-state index contributed by atoms with van der Waals surface area (Å²) in [7, 11) is 0. The molecule has 0 bridgehead atoms. The summed E-state index contributed by atoms with van der Waals surface area (Å²) in [6.07, 6.45) is 0. The number of anilines is 2. The monoisotopic (exact) mass is 413 g/mol. The number of hydrogen-bond acceptors (Lipinski definition) is 3. The molecule has 1 saturated heterocycles. The third kappa shape index (κ3) is 3.18. The zero-order valence-corrected chi connectivity index (χ0v) is 13.9. The van der Waals surface area contributed by atoms with E-state index in [4.69, 9.17) is 0 Å². The molecule has 108 valence electrons. The number of nitrogens with one attached hydrogen (secondary N) is 2. The minimum absolute atomic E-state index is 0.106. The SMILES string of the molecule is O=C(Nc1cccc(N2CCNC2=O)c1)c1csc(I)c1. The number of thiophene rings is 1. The molecule has 1 aromatic heterocycles. The lowest BCUT2D eigenvalue weighted by atomic mass is 10.2. The highest BCUT2D eigenvalue weighted by Crippen LogP contribution is 2.22. The van der Waals surface area contributed by atoms with Crippen LogP contribution in [-0.2, 0) is 0 Å². The number of nitrogens with zero attached hydrogens (tertiary/aromatic N) is 1. The van der Waals surface area contributed by atoms with Crippen molar-refractivity contribution in [1.29, 1.82) is 0 Å². The van der Waals surface area contributed by atoms with Crippen LogP contribution in [0.15, 0.2) is 35.7 Å². The molecule has 0 aliphatic carbocycles. The summed E-state index contributed by atoms with van der Waals surface area (Å²) in [5.74, 6) is -0.141. The smallest absolute Gasteiger partial charge is 0.321 e. The fourth-order valence-electron chi connectivity index (χ4n) is 2.10. The molecule has 1 fully saturated rings. The van der Waals surface area contributed by atoms with E-state index in [1.807, 2.05) is 29.6 Å². The summed E-state index contributed by atoms with van der Waals surface area (Å²) in [6.45, 7) is 1.28. The van der Waals surface area contributed by atoms with E-state index in [9.17, 15) is 9.59 Å². The number of carbonyl (C=O) groups excluding carboxylic acids is 2. The first kappa shape index (κ1) is 14.3. The van der Waals surface area contributed by atoms with E-state index in [1.54, 1.807) is 11.0 Å². The third-order valence-corrected chi connectivity index (χ3v) is 4.89. The van der Waals surface area contributed by atoms with Crippen LogP contribution in [0.5, 0.6) is 0 Å². The second-order valence-electron chi connectivity index (χ2n) is 4.53. The number of halogens is 1. The molecule has 2 aromatic rings. The Morgan fingerprint density at radius 1 is 1.38 bits per heavy atom. The molecular formula is C14H12IN3O2S. The van der Waals surface area contributed by atoms with Gasteiger partial charge in [0.2, 0.25) is 0 Å². The Morgan fingerprint density at radius 2 is 2.24 bits per heavy atom. The fraction of sp³-hybridized carbons (Fsp3) is 0.143. The fourth-order valence-corrected chi connectivity index (χ4v) is 3.43. The van der Waals surface area contributed by atoms with E-state index >= 15 is 0 Å². The Bertz CT molecular complexity index is 701. The topological polar surface area (TPSA) is 61.4 Å². The molecule has 0 saturated carbocycles. The molecule has 0 spiro atoms. The maximum absolute atomic E-state index is 12.1. The highest BCUT2D eigenvalue weighted by Gasteiger charge is 2.21. The van der Waals surface area contributed by atoms with Gasteiger partial charge in [0, 0.05) is 29.8 Å². The van der Waals surface area contributed by atoms with Crippen molar-refractivity contribution in [3.63, 3.8) is 0 Å². The quantitative estimate of drug-likeness (QED) is 0.760. The van der Waals surface area contributed by atoms with Gasteiger partial charge in [-0.25, -0.2) is 4.79 Å². The lowest BCUT2D eigenvalue weighted by molar-refractivity contribution is 0.102.